The van der Waals surface area contributed by atoms with Crippen molar-refractivity contribution in [3.63, 3.8) is 0 Å². The van der Waals surface area contributed by atoms with Gasteiger partial charge in [-0.2, -0.15) is 0 Å². The fraction of sp³-hybridized carbons (Fsp3) is 0.600. The van der Waals surface area contributed by atoms with Gasteiger partial charge in [-0.25, -0.2) is 0 Å². The van der Waals surface area contributed by atoms with Gasteiger partial charge in [0.25, 0.3) is 0 Å². The average Bonchev–Trinajstić information content (AvgIpc) is 2.50. The van der Waals surface area contributed by atoms with Gasteiger partial charge in [-0.1, -0.05) is 0 Å². The minimum Gasteiger partial charge on any atom is -0.328 e. The molecule has 0 aromatic carbocycles. The summed E-state index contributed by atoms with van der Waals surface area (Å²) in [7, 11) is 0. The minimum atomic E-state index is 0.327. The molecular formula is C10H17BrN2S. The zero-order chi connectivity index (χ0) is 10.4. The molecule has 0 bridgehead atoms. The van der Waals surface area contributed by atoms with Crippen LogP contribution in [0.25, 0.3) is 0 Å². The van der Waals surface area contributed by atoms with Gasteiger partial charge >= 0.3 is 0 Å². The molecule has 1 aromatic rings. The van der Waals surface area contributed by atoms with Crippen LogP contribution in [0, 0.1) is 0 Å². The number of nitrogens with one attached hydrogen (secondary N) is 1. The highest BCUT2D eigenvalue weighted by Gasteiger charge is 1.97. The third-order valence-corrected chi connectivity index (χ3v) is 3.63. The predicted octanol–water partition coefficient (Wildman–Crippen LogP) is 2.73. The van der Waals surface area contributed by atoms with E-state index >= 15 is 0 Å². The summed E-state index contributed by atoms with van der Waals surface area (Å²) in [6.45, 7) is 4.07. The van der Waals surface area contributed by atoms with Crippen LogP contribution in [0.2, 0.25) is 0 Å². The first-order valence-corrected chi connectivity index (χ1v) is 6.55. The molecule has 2 nitrogen and oxygen atoms in total. The van der Waals surface area contributed by atoms with Crippen LogP contribution < -0.4 is 11.1 Å². The van der Waals surface area contributed by atoms with Crippen molar-refractivity contribution in [1.29, 1.82) is 0 Å². The minimum absolute atomic E-state index is 0.327. The third kappa shape index (κ3) is 5.10. The summed E-state index contributed by atoms with van der Waals surface area (Å²) >= 11 is 5.22. The molecule has 1 heterocycles. The molecule has 0 aliphatic heterocycles. The maximum absolute atomic E-state index is 5.66. The summed E-state index contributed by atoms with van der Waals surface area (Å²) < 4.78 is 1.18. The van der Waals surface area contributed by atoms with E-state index in [1.165, 1.54) is 9.35 Å². The molecule has 3 N–H and O–H groups in total. The summed E-state index contributed by atoms with van der Waals surface area (Å²) in [6, 6.07) is 2.48. The number of hydrogen-bond acceptors (Lipinski definition) is 3. The summed E-state index contributed by atoms with van der Waals surface area (Å²) in [4.78, 5) is 1.37. The molecule has 0 aliphatic rings. The van der Waals surface area contributed by atoms with Crippen molar-refractivity contribution in [1.82, 2.24) is 5.32 Å². The van der Waals surface area contributed by atoms with Gasteiger partial charge < -0.3 is 11.1 Å². The molecule has 0 radical (unpaired) electrons. The van der Waals surface area contributed by atoms with Gasteiger partial charge in [0.15, 0.2) is 0 Å². The van der Waals surface area contributed by atoms with Crippen molar-refractivity contribution in [2.45, 2.75) is 32.4 Å². The summed E-state index contributed by atoms with van der Waals surface area (Å²) in [5.41, 5.74) is 5.66. The number of thiophene rings is 1. The van der Waals surface area contributed by atoms with Gasteiger partial charge in [0.05, 0.1) is 0 Å². The van der Waals surface area contributed by atoms with Gasteiger partial charge in [-0.05, 0) is 48.3 Å². The number of nitrogens with two attached hydrogens (primary N) is 1. The van der Waals surface area contributed by atoms with Crippen LogP contribution in [-0.4, -0.2) is 12.6 Å². The van der Waals surface area contributed by atoms with Gasteiger partial charge in [0.1, 0.15) is 0 Å². The fourth-order valence-electron chi connectivity index (χ4n) is 1.21. The van der Waals surface area contributed by atoms with Crippen molar-refractivity contribution in [2.24, 2.45) is 5.73 Å². The second-order valence-corrected chi connectivity index (χ2v) is 5.44. The molecule has 0 spiro atoms. The number of hydrogen-bond donors (Lipinski definition) is 2. The van der Waals surface area contributed by atoms with Crippen molar-refractivity contribution in [2.75, 3.05) is 6.54 Å². The zero-order valence-electron chi connectivity index (χ0n) is 8.42. The molecule has 1 aromatic heterocycles. The highest BCUT2D eigenvalue weighted by atomic mass is 79.9. The van der Waals surface area contributed by atoms with E-state index in [4.69, 9.17) is 5.73 Å². The van der Waals surface area contributed by atoms with Crippen molar-refractivity contribution in [3.8, 4) is 0 Å². The topological polar surface area (TPSA) is 38.0 Å². The third-order valence-electron chi connectivity index (χ3n) is 1.93. The Balaban J connectivity index is 2.04. The summed E-state index contributed by atoms with van der Waals surface area (Å²) in [5, 5.41) is 5.51. The molecule has 0 saturated heterocycles. The molecule has 1 unspecified atom stereocenters. The highest BCUT2D eigenvalue weighted by Crippen LogP contribution is 2.19. The fourth-order valence-corrected chi connectivity index (χ4v) is 2.63. The first-order chi connectivity index (χ1) is 6.68. The van der Waals surface area contributed by atoms with E-state index in [2.05, 4.69) is 39.6 Å². The van der Waals surface area contributed by atoms with Crippen molar-refractivity contribution in [3.05, 3.63) is 20.8 Å². The molecule has 0 saturated carbocycles. The Labute approximate surface area is 98.0 Å². The molecule has 4 heteroatoms. The standard InChI is InChI=1S/C10H17BrN2S/c1-8(12)3-2-4-13-6-10-5-9(11)7-14-10/h5,7-8,13H,2-4,6,12H2,1H3. The number of halogens is 1. The lowest BCUT2D eigenvalue weighted by Crippen LogP contribution is -2.19. The Morgan fingerprint density at radius 3 is 3.00 bits per heavy atom. The number of rotatable bonds is 6. The SMILES string of the molecule is CC(N)CCCNCc1cc(Br)cs1. The maximum Gasteiger partial charge on any atom is 0.0300 e. The van der Waals surface area contributed by atoms with Gasteiger partial charge in [-0.15, -0.1) is 11.3 Å². The Bertz CT molecular complexity index is 260. The van der Waals surface area contributed by atoms with Crippen LogP contribution in [0.1, 0.15) is 24.6 Å². The van der Waals surface area contributed by atoms with E-state index in [0.29, 0.717) is 6.04 Å². The molecule has 1 atom stereocenters. The normalized spacial score (nSPS) is 13.1. The van der Waals surface area contributed by atoms with Crippen molar-refractivity contribution >= 4 is 27.3 Å². The first-order valence-electron chi connectivity index (χ1n) is 4.87. The molecule has 80 valence electrons. The van der Waals surface area contributed by atoms with Gasteiger partial charge in [-0.3, -0.25) is 0 Å². The Kier molecular flexibility index (Phi) is 5.70. The maximum atomic E-state index is 5.66. The van der Waals surface area contributed by atoms with Crippen LogP contribution in [0.4, 0.5) is 0 Å². The van der Waals surface area contributed by atoms with Crippen LogP contribution in [0.3, 0.4) is 0 Å². The van der Waals surface area contributed by atoms with Crippen LogP contribution in [-0.2, 0) is 6.54 Å². The molecule has 0 amide bonds. The van der Waals surface area contributed by atoms with Crippen LogP contribution >= 0.6 is 27.3 Å². The van der Waals surface area contributed by atoms with Gasteiger partial charge in [0, 0.05) is 27.3 Å². The lowest BCUT2D eigenvalue weighted by molar-refractivity contribution is 0.576. The zero-order valence-corrected chi connectivity index (χ0v) is 10.8. The second-order valence-electron chi connectivity index (χ2n) is 3.53. The molecular weight excluding hydrogens is 260 g/mol. The first kappa shape index (κ1) is 12.2. The quantitative estimate of drug-likeness (QED) is 0.785. The summed E-state index contributed by atoms with van der Waals surface area (Å²) in [6.07, 6.45) is 2.26. The smallest absolute Gasteiger partial charge is 0.0300 e. The van der Waals surface area contributed by atoms with Crippen LogP contribution in [0.5, 0.6) is 0 Å². The van der Waals surface area contributed by atoms with Crippen LogP contribution in [0.15, 0.2) is 15.9 Å². The van der Waals surface area contributed by atoms with E-state index in [0.717, 1.165) is 25.9 Å². The largest absolute Gasteiger partial charge is 0.328 e. The highest BCUT2D eigenvalue weighted by molar-refractivity contribution is 9.10. The Morgan fingerprint density at radius 1 is 1.64 bits per heavy atom. The molecule has 0 aliphatic carbocycles. The predicted molar refractivity (Wildman–Crippen MR) is 66.6 cm³/mol. The average molecular weight is 277 g/mol. The molecule has 0 fully saturated rings. The van der Waals surface area contributed by atoms with Gasteiger partial charge in [0.2, 0.25) is 0 Å². The second kappa shape index (κ2) is 6.56. The molecule has 14 heavy (non-hydrogen) atoms. The summed E-state index contributed by atoms with van der Waals surface area (Å²) in [5.74, 6) is 0. The Morgan fingerprint density at radius 2 is 2.43 bits per heavy atom. The van der Waals surface area contributed by atoms with E-state index < -0.39 is 0 Å². The van der Waals surface area contributed by atoms with E-state index in [1.54, 1.807) is 11.3 Å². The van der Waals surface area contributed by atoms with E-state index in [9.17, 15) is 0 Å². The lowest BCUT2D eigenvalue weighted by atomic mass is 10.2. The lowest BCUT2D eigenvalue weighted by Gasteiger charge is -2.05. The van der Waals surface area contributed by atoms with E-state index in [-0.39, 0.29) is 0 Å². The van der Waals surface area contributed by atoms with E-state index in [1.807, 2.05) is 0 Å². The van der Waals surface area contributed by atoms with Crippen molar-refractivity contribution < 1.29 is 0 Å². The monoisotopic (exact) mass is 276 g/mol. The molecule has 1 rings (SSSR count). The Hall–Kier alpha value is 0.1000.